The van der Waals surface area contributed by atoms with Crippen molar-refractivity contribution in [3.63, 3.8) is 0 Å². The van der Waals surface area contributed by atoms with E-state index in [1.54, 1.807) is 6.92 Å². The number of hydrogen-bond donors (Lipinski definition) is 1. The summed E-state index contributed by atoms with van der Waals surface area (Å²) in [6.07, 6.45) is 2.64. The minimum absolute atomic E-state index is 0.0207. The van der Waals surface area contributed by atoms with E-state index in [1.807, 2.05) is 30.3 Å². The molecule has 1 aromatic carbocycles. The highest BCUT2D eigenvalue weighted by atomic mass is 16.5. The first-order chi connectivity index (χ1) is 13.0. The van der Waals surface area contributed by atoms with Gasteiger partial charge in [-0.15, -0.1) is 0 Å². The molecule has 0 fully saturated rings. The smallest absolute Gasteiger partial charge is 0.333 e. The predicted octanol–water partition coefficient (Wildman–Crippen LogP) is 3.71. The van der Waals surface area contributed by atoms with E-state index in [1.165, 1.54) is 0 Å². The Hall–Kier alpha value is -3.05. The molecule has 5 heteroatoms. The normalized spacial score (nSPS) is 27.4. The second-order valence-electron chi connectivity index (χ2n) is 7.12. The van der Waals surface area contributed by atoms with Crippen LogP contribution in [0.25, 0.3) is 0 Å². The predicted molar refractivity (Wildman–Crippen MR) is 101 cm³/mol. The zero-order chi connectivity index (χ0) is 19.6. The van der Waals surface area contributed by atoms with Gasteiger partial charge in [0.1, 0.15) is 6.07 Å². The number of hydrogen-bond acceptors (Lipinski definition) is 5. The first kappa shape index (κ1) is 18.7. The van der Waals surface area contributed by atoms with Gasteiger partial charge in [-0.1, -0.05) is 42.8 Å². The van der Waals surface area contributed by atoms with Gasteiger partial charge in [-0.2, -0.15) is 10.5 Å². The summed E-state index contributed by atoms with van der Waals surface area (Å²) in [4.78, 5) is 13.1. The number of benzene rings is 1. The Balaban J connectivity index is 2.38. The fourth-order valence-corrected chi connectivity index (χ4v) is 4.52. The van der Waals surface area contributed by atoms with E-state index in [-0.39, 0.29) is 23.8 Å². The van der Waals surface area contributed by atoms with E-state index in [0.29, 0.717) is 0 Å². The molecule has 27 heavy (non-hydrogen) atoms. The van der Waals surface area contributed by atoms with Crippen molar-refractivity contribution in [3.8, 4) is 12.1 Å². The number of nitrogens with two attached hydrogens (primary N) is 1. The number of rotatable bonds is 3. The molecule has 5 nitrogen and oxygen atoms in total. The molecule has 1 aromatic rings. The third-order valence-corrected chi connectivity index (χ3v) is 5.69. The van der Waals surface area contributed by atoms with Gasteiger partial charge in [0.15, 0.2) is 0 Å². The number of esters is 1. The van der Waals surface area contributed by atoms with Crippen LogP contribution in [0, 0.1) is 34.0 Å². The van der Waals surface area contributed by atoms with E-state index < -0.39 is 17.3 Å². The molecule has 0 radical (unpaired) electrons. The van der Waals surface area contributed by atoms with Gasteiger partial charge in [-0.3, -0.25) is 0 Å². The van der Waals surface area contributed by atoms with Crippen LogP contribution < -0.4 is 5.73 Å². The van der Waals surface area contributed by atoms with Crippen LogP contribution in [0.1, 0.15) is 44.6 Å². The van der Waals surface area contributed by atoms with Crippen LogP contribution in [-0.4, -0.2) is 12.6 Å². The summed E-state index contributed by atoms with van der Waals surface area (Å²) in [6, 6.07) is 13.8. The highest BCUT2D eigenvalue weighted by molar-refractivity contribution is 5.88. The molecular formula is C22H23N3O2. The van der Waals surface area contributed by atoms with Gasteiger partial charge >= 0.3 is 5.97 Å². The largest absolute Gasteiger partial charge is 0.464 e. The maximum Gasteiger partial charge on any atom is 0.333 e. The molecule has 0 saturated heterocycles. The van der Waals surface area contributed by atoms with Crippen molar-refractivity contribution in [1.29, 1.82) is 10.5 Å². The van der Waals surface area contributed by atoms with Gasteiger partial charge in [-0.25, -0.2) is 4.79 Å². The summed E-state index contributed by atoms with van der Waals surface area (Å²) in [5.74, 6) is -1.07. The van der Waals surface area contributed by atoms with Crippen LogP contribution >= 0.6 is 0 Å². The number of nitrogens with zero attached hydrogens (tertiary/aromatic N) is 2. The van der Waals surface area contributed by atoms with Gasteiger partial charge in [0, 0.05) is 5.92 Å². The average Bonchev–Trinajstić information content (AvgIpc) is 2.68. The highest BCUT2D eigenvalue weighted by Crippen LogP contribution is 2.56. The molecule has 0 saturated carbocycles. The van der Waals surface area contributed by atoms with Gasteiger partial charge < -0.3 is 10.5 Å². The zero-order valence-electron chi connectivity index (χ0n) is 15.7. The van der Waals surface area contributed by atoms with Crippen molar-refractivity contribution < 1.29 is 9.53 Å². The van der Waals surface area contributed by atoms with Crippen LogP contribution in [0.3, 0.4) is 0 Å². The summed E-state index contributed by atoms with van der Waals surface area (Å²) in [6.45, 7) is 3.91. The molecule has 2 aliphatic rings. The first-order valence-electron chi connectivity index (χ1n) is 9.29. The minimum atomic E-state index is -1.72. The number of carbonyl (C=O) groups is 1. The zero-order valence-corrected chi connectivity index (χ0v) is 15.7. The number of allylic oxidation sites excluding steroid dienone is 3. The highest BCUT2D eigenvalue weighted by Gasteiger charge is 2.57. The molecule has 0 heterocycles. The van der Waals surface area contributed by atoms with E-state index in [0.717, 1.165) is 36.0 Å². The Morgan fingerprint density at radius 1 is 1.33 bits per heavy atom. The van der Waals surface area contributed by atoms with Crippen molar-refractivity contribution >= 4 is 5.97 Å². The summed E-state index contributed by atoms with van der Waals surface area (Å²) >= 11 is 0. The van der Waals surface area contributed by atoms with Crippen molar-refractivity contribution in [1.82, 2.24) is 0 Å². The molecule has 0 bridgehead atoms. The lowest BCUT2D eigenvalue weighted by Crippen LogP contribution is -2.47. The summed E-state index contributed by atoms with van der Waals surface area (Å²) in [7, 11) is 0. The summed E-state index contributed by atoms with van der Waals surface area (Å²) in [5.41, 5.74) is 7.70. The molecule has 0 aromatic heterocycles. The summed E-state index contributed by atoms with van der Waals surface area (Å²) in [5, 5.41) is 20.0. The van der Waals surface area contributed by atoms with Crippen molar-refractivity contribution in [2.75, 3.05) is 6.61 Å². The van der Waals surface area contributed by atoms with Crippen LogP contribution in [0.4, 0.5) is 0 Å². The van der Waals surface area contributed by atoms with Crippen LogP contribution in [0.5, 0.6) is 0 Å². The topological polar surface area (TPSA) is 99.9 Å². The molecule has 2 N–H and O–H groups in total. The Morgan fingerprint density at radius 3 is 2.63 bits per heavy atom. The molecule has 0 aliphatic heterocycles. The van der Waals surface area contributed by atoms with Crippen molar-refractivity contribution in [2.45, 2.75) is 39.0 Å². The Morgan fingerprint density at radius 2 is 2.04 bits per heavy atom. The number of carbonyl (C=O) groups excluding carboxylic acids is 1. The van der Waals surface area contributed by atoms with E-state index in [9.17, 15) is 15.3 Å². The third-order valence-electron chi connectivity index (χ3n) is 5.69. The van der Waals surface area contributed by atoms with E-state index in [4.69, 9.17) is 10.5 Å². The minimum Gasteiger partial charge on any atom is -0.464 e. The lowest BCUT2D eigenvalue weighted by Gasteiger charge is -2.43. The fraction of sp³-hybridized carbons (Fsp3) is 0.409. The molecule has 3 atom stereocenters. The molecule has 0 unspecified atom stereocenters. The second kappa shape index (κ2) is 7.29. The number of ether oxygens (including phenoxy) is 1. The summed E-state index contributed by atoms with van der Waals surface area (Å²) < 4.78 is 5.29. The van der Waals surface area contributed by atoms with Crippen LogP contribution in [0.2, 0.25) is 0 Å². The maximum atomic E-state index is 13.1. The molecule has 138 valence electrons. The average molecular weight is 361 g/mol. The SMILES string of the molecule is CCOC(=O)[C@]1(C#N)C(N)=C(C#N)C2=C(CCC[C@H]2C)[C@H]1c1ccccc1. The Kier molecular flexibility index (Phi) is 5.06. The van der Waals surface area contributed by atoms with Crippen molar-refractivity contribution in [2.24, 2.45) is 17.1 Å². The second-order valence-corrected chi connectivity index (χ2v) is 7.12. The maximum absolute atomic E-state index is 13.1. The Labute approximate surface area is 159 Å². The first-order valence-corrected chi connectivity index (χ1v) is 9.29. The lowest BCUT2D eigenvalue weighted by molar-refractivity contribution is -0.151. The molecular weight excluding hydrogens is 338 g/mol. The van der Waals surface area contributed by atoms with Gasteiger partial charge in [-0.05, 0) is 43.2 Å². The standard InChI is InChI=1S/C22H23N3O2/c1-3-27-21(26)22(13-24)19(15-9-5-4-6-10-15)16-11-7-8-14(2)18(16)17(12-23)20(22)25/h4-6,9-10,14,19H,3,7-8,11,25H2,1-2H3/t14-,19-,22+/m1/s1. The lowest BCUT2D eigenvalue weighted by atomic mass is 9.58. The van der Waals surface area contributed by atoms with E-state index >= 15 is 0 Å². The van der Waals surface area contributed by atoms with Gasteiger partial charge in [0.05, 0.1) is 23.9 Å². The van der Waals surface area contributed by atoms with Crippen LogP contribution in [-0.2, 0) is 9.53 Å². The molecule has 3 rings (SSSR count). The monoisotopic (exact) mass is 361 g/mol. The number of nitriles is 2. The van der Waals surface area contributed by atoms with Crippen LogP contribution in [0.15, 0.2) is 52.7 Å². The molecule has 0 amide bonds. The third kappa shape index (κ3) is 2.71. The van der Waals surface area contributed by atoms with Gasteiger partial charge in [0.2, 0.25) is 5.41 Å². The van der Waals surface area contributed by atoms with Crippen molar-refractivity contribution in [3.05, 3.63) is 58.3 Å². The molecule has 2 aliphatic carbocycles. The molecule has 0 spiro atoms. The Bertz CT molecular complexity index is 902. The van der Waals surface area contributed by atoms with Gasteiger partial charge in [0.25, 0.3) is 0 Å². The fourth-order valence-electron chi connectivity index (χ4n) is 4.52. The van der Waals surface area contributed by atoms with E-state index in [2.05, 4.69) is 19.1 Å². The quantitative estimate of drug-likeness (QED) is 0.827.